The van der Waals surface area contributed by atoms with Crippen molar-refractivity contribution in [2.75, 3.05) is 13.7 Å². The molecule has 2 aromatic carbocycles. The maximum absolute atomic E-state index is 12.4. The van der Waals surface area contributed by atoms with E-state index in [4.69, 9.17) is 9.47 Å². The molecule has 0 aromatic heterocycles. The molecule has 2 rings (SSSR count). The van der Waals surface area contributed by atoms with Crippen molar-refractivity contribution in [2.24, 2.45) is 0 Å². The lowest BCUT2D eigenvalue weighted by molar-refractivity contribution is -0.0512. The Hall–Kier alpha value is -2.83. The van der Waals surface area contributed by atoms with Crippen LogP contribution < -0.4 is 19.5 Å². The molecule has 1 N–H and O–H groups in total. The zero-order chi connectivity index (χ0) is 18.2. The highest BCUT2D eigenvalue weighted by atomic mass is 19.3. The third kappa shape index (κ3) is 5.34. The van der Waals surface area contributed by atoms with Gasteiger partial charge in [-0.3, -0.25) is 4.79 Å². The Labute approximate surface area is 144 Å². The molecule has 0 aliphatic carbocycles. The number of nitrogens with one attached hydrogen (secondary N) is 1. The van der Waals surface area contributed by atoms with E-state index in [-0.39, 0.29) is 24.0 Å². The number of hydrogen-bond acceptors (Lipinski definition) is 4. The van der Waals surface area contributed by atoms with Crippen LogP contribution in [0.4, 0.5) is 8.78 Å². The minimum absolute atomic E-state index is 0.0784. The van der Waals surface area contributed by atoms with E-state index in [1.54, 1.807) is 30.3 Å². The maximum atomic E-state index is 12.4. The van der Waals surface area contributed by atoms with Gasteiger partial charge >= 0.3 is 6.61 Å². The number of rotatable bonds is 8. The van der Waals surface area contributed by atoms with Crippen molar-refractivity contribution in [3.63, 3.8) is 0 Å². The van der Waals surface area contributed by atoms with Gasteiger partial charge in [0.05, 0.1) is 13.7 Å². The third-order valence-electron chi connectivity index (χ3n) is 3.32. The molecule has 0 bridgehead atoms. The van der Waals surface area contributed by atoms with Crippen LogP contribution in [-0.4, -0.2) is 26.2 Å². The summed E-state index contributed by atoms with van der Waals surface area (Å²) in [7, 11) is 1.36. The Morgan fingerprint density at radius 1 is 1.12 bits per heavy atom. The molecule has 2 aromatic rings. The van der Waals surface area contributed by atoms with Crippen molar-refractivity contribution >= 4 is 5.91 Å². The first-order valence-electron chi connectivity index (χ1n) is 7.66. The normalized spacial score (nSPS) is 10.4. The molecule has 0 unspecified atom stereocenters. The van der Waals surface area contributed by atoms with Crippen molar-refractivity contribution < 1.29 is 27.8 Å². The molecule has 25 heavy (non-hydrogen) atoms. The number of benzene rings is 2. The molecule has 0 atom stereocenters. The molecule has 0 saturated carbocycles. The Morgan fingerprint density at radius 2 is 1.84 bits per heavy atom. The van der Waals surface area contributed by atoms with Gasteiger partial charge < -0.3 is 19.5 Å². The van der Waals surface area contributed by atoms with E-state index in [1.807, 2.05) is 6.92 Å². The predicted octanol–water partition coefficient (Wildman–Crippen LogP) is 3.63. The fourth-order valence-electron chi connectivity index (χ4n) is 2.17. The standard InChI is InChI=1S/C18H19F2NO4/c1-3-24-14-7-5-13(6-8-14)17(22)21-11-12-4-9-15(23-2)16(10-12)25-18(19)20/h4-10,18H,3,11H2,1-2H3,(H,21,22). The van der Waals surface area contributed by atoms with Crippen molar-refractivity contribution in [3.05, 3.63) is 53.6 Å². The summed E-state index contributed by atoms with van der Waals surface area (Å²) in [4.78, 5) is 12.1. The van der Waals surface area contributed by atoms with Gasteiger partial charge in [-0.15, -0.1) is 0 Å². The molecule has 5 nitrogen and oxygen atoms in total. The van der Waals surface area contributed by atoms with Gasteiger partial charge in [-0.05, 0) is 48.9 Å². The zero-order valence-corrected chi connectivity index (χ0v) is 13.9. The maximum Gasteiger partial charge on any atom is 0.387 e. The quantitative estimate of drug-likeness (QED) is 0.789. The summed E-state index contributed by atoms with van der Waals surface area (Å²) < 4.78 is 39.6. The van der Waals surface area contributed by atoms with Crippen LogP contribution in [-0.2, 0) is 6.54 Å². The van der Waals surface area contributed by atoms with Gasteiger partial charge in [0.25, 0.3) is 5.91 Å². The van der Waals surface area contributed by atoms with Crippen LogP contribution in [0.1, 0.15) is 22.8 Å². The van der Waals surface area contributed by atoms with E-state index in [0.29, 0.717) is 23.5 Å². The Morgan fingerprint density at radius 3 is 2.44 bits per heavy atom. The number of alkyl halides is 2. The van der Waals surface area contributed by atoms with E-state index in [9.17, 15) is 13.6 Å². The van der Waals surface area contributed by atoms with Crippen LogP contribution in [0.25, 0.3) is 0 Å². The molecular formula is C18H19F2NO4. The Kier molecular flexibility index (Phi) is 6.56. The van der Waals surface area contributed by atoms with Crippen molar-refractivity contribution in [3.8, 4) is 17.2 Å². The molecule has 0 aliphatic rings. The van der Waals surface area contributed by atoms with Gasteiger partial charge in [0.2, 0.25) is 0 Å². The largest absolute Gasteiger partial charge is 0.494 e. The summed E-state index contributed by atoms with van der Waals surface area (Å²) in [5.41, 5.74) is 1.08. The SMILES string of the molecule is CCOc1ccc(C(=O)NCc2ccc(OC)c(OC(F)F)c2)cc1. The first kappa shape index (κ1) is 18.5. The summed E-state index contributed by atoms with van der Waals surface area (Å²) >= 11 is 0. The lowest BCUT2D eigenvalue weighted by Crippen LogP contribution is -2.22. The summed E-state index contributed by atoms with van der Waals surface area (Å²) in [6, 6.07) is 11.3. The molecule has 0 spiro atoms. The van der Waals surface area contributed by atoms with Crippen LogP contribution >= 0.6 is 0 Å². The number of amides is 1. The highest BCUT2D eigenvalue weighted by Gasteiger charge is 2.12. The minimum Gasteiger partial charge on any atom is -0.494 e. The first-order chi connectivity index (χ1) is 12.0. The average Bonchev–Trinajstić information content (AvgIpc) is 2.60. The van der Waals surface area contributed by atoms with Gasteiger partial charge in [0.15, 0.2) is 11.5 Å². The van der Waals surface area contributed by atoms with Crippen LogP contribution in [0.15, 0.2) is 42.5 Å². The van der Waals surface area contributed by atoms with Crippen LogP contribution in [0.2, 0.25) is 0 Å². The van der Waals surface area contributed by atoms with Crippen molar-refractivity contribution in [1.29, 1.82) is 0 Å². The number of methoxy groups -OCH3 is 1. The lowest BCUT2D eigenvalue weighted by atomic mass is 10.1. The van der Waals surface area contributed by atoms with Crippen LogP contribution in [0.5, 0.6) is 17.2 Å². The van der Waals surface area contributed by atoms with Gasteiger partial charge in [0, 0.05) is 12.1 Å². The summed E-state index contributed by atoms with van der Waals surface area (Å²) in [6.45, 7) is -0.369. The van der Waals surface area contributed by atoms with Crippen LogP contribution in [0, 0.1) is 0 Å². The average molecular weight is 351 g/mol. The van der Waals surface area contributed by atoms with Gasteiger partial charge in [-0.2, -0.15) is 8.78 Å². The monoisotopic (exact) mass is 351 g/mol. The van der Waals surface area contributed by atoms with Gasteiger partial charge in [0.1, 0.15) is 5.75 Å². The molecule has 7 heteroatoms. The lowest BCUT2D eigenvalue weighted by Gasteiger charge is -2.12. The smallest absolute Gasteiger partial charge is 0.387 e. The fraction of sp³-hybridized carbons (Fsp3) is 0.278. The fourth-order valence-corrected chi connectivity index (χ4v) is 2.17. The van der Waals surface area contributed by atoms with Crippen LogP contribution in [0.3, 0.4) is 0 Å². The number of carbonyl (C=O) groups is 1. The van der Waals surface area contributed by atoms with E-state index < -0.39 is 6.61 Å². The molecule has 1 amide bonds. The minimum atomic E-state index is -2.96. The topological polar surface area (TPSA) is 56.8 Å². The second kappa shape index (κ2) is 8.86. The highest BCUT2D eigenvalue weighted by molar-refractivity contribution is 5.94. The van der Waals surface area contributed by atoms with E-state index in [0.717, 1.165) is 0 Å². The molecule has 0 fully saturated rings. The second-order valence-corrected chi connectivity index (χ2v) is 5.00. The number of carbonyl (C=O) groups excluding carboxylic acids is 1. The van der Waals surface area contributed by atoms with Gasteiger partial charge in [-0.1, -0.05) is 6.07 Å². The molecule has 0 saturated heterocycles. The van der Waals surface area contributed by atoms with E-state index in [1.165, 1.54) is 19.2 Å². The Bertz CT molecular complexity index is 705. The molecular weight excluding hydrogens is 332 g/mol. The van der Waals surface area contributed by atoms with E-state index in [2.05, 4.69) is 10.1 Å². The first-order valence-corrected chi connectivity index (χ1v) is 7.66. The predicted molar refractivity (Wildman–Crippen MR) is 88.4 cm³/mol. The third-order valence-corrected chi connectivity index (χ3v) is 3.32. The van der Waals surface area contributed by atoms with Crippen molar-refractivity contribution in [2.45, 2.75) is 20.1 Å². The number of hydrogen-bond donors (Lipinski definition) is 1. The molecule has 0 aliphatic heterocycles. The van der Waals surface area contributed by atoms with E-state index >= 15 is 0 Å². The molecule has 134 valence electrons. The summed E-state index contributed by atoms with van der Waals surface area (Å²) in [5, 5.41) is 2.72. The van der Waals surface area contributed by atoms with Gasteiger partial charge in [-0.25, -0.2) is 0 Å². The number of ether oxygens (including phenoxy) is 3. The number of halogens is 2. The summed E-state index contributed by atoms with van der Waals surface area (Å²) in [5.74, 6) is 0.519. The zero-order valence-electron chi connectivity index (χ0n) is 13.9. The summed E-state index contributed by atoms with van der Waals surface area (Å²) in [6.07, 6.45) is 0. The molecule has 0 radical (unpaired) electrons. The molecule has 0 heterocycles. The Balaban J connectivity index is 2.01. The van der Waals surface area contributed by atoms with Crippen molar-refractivity contribution in [1.82, 2.24) is 5.32 Å². The second-order valence-electron chi connectivity index (χ2n) is 5.00. The highest BCUT2D eigenvalue weighted by Crippen LogP contribution is 2.29.